The van der Waals surface area contributed by atoms with Crippen LogP contribution >= 0.6 is 11.6 Å². The molecule has 0 N–H and O–H groups in total. The van der Waals surface area contributed by atoms with Crippen molar-refractivity contribution in [3.05, 3.63) is 46.7 Å². The molecule has 1 aliphatic rings. The van der Waals surface area contributed by atoms with Gasteiger partial charge in [0.2, 0.25) is 0 Å². The third kappa shape index (κ3) is 3.38. The maximum absolute atomic E-state index is 11.9. The third-order valence-electron chi connectivity index (χ3n) is 3.36. The molecular weight excluding hydrogens is 260 g/mol. The molecule has 0 heterocycles. The third-order valence-corrected chi connectivity index (χ3v) is 3.78. The Morgan fingerprint density at radius 3 is 2.47 bits per heavy atom. The summed E-state index contributed by atoms with van der Waals surface area (Å²) in [5.41, 5.74) is 0.997. The molecule has 0 aliphatic heterocycles. The van der Waals surface area contributed by atoms with Gasteiger partial charge in [0.25, 0.3) is 0 Å². The average Bonchev–Trinajstić information content (AvgIpc) is 2.35. The van der Waals surface area contributed by atoms with Gasteiger partial charge in [-0.25, -0.2) is 0 Å². The van der Waals surface area contributed by atoms with E-state index >= 15 is 0 Å². The van der Waals surface area contributed by atoms with Crippen molar-refractivity contribution in [1.29, 1.82) is 0 Å². The summed E-state index contributed by atoms with van der Waals surface area (Å²) in [7, 11) is 0. The smallest absolute Gasteiger partial charge is 0.178 e. The van der Waals surface area contributed by atoms with Crippen LogP contribution in [0.3, 0.4) is 0 Å². The second kappa shape index (κ2) is 5.38. The fourth-order valence-electron chi connectivity index (χ4n) is 2.34. The van der Waals surface area contributed by atoms with Crippen LogP contribution in [-0.2, 0) is 9.53 Å². The van der Waals surface area contributed by atoms with Gasteiger partial charge in [0.1, 0.15) is 16.9 Å². The average molecular weight is 279 g/mol. The van der Waals surface area contributed by atoms with E-state index in [9.17, 15) is 4.79 Å². The summed E-state index contributed by atoms with van der Waals surface area (Å²) in [5, 5.41) is 0.266. The van der Waals surface area contributed by atoms with Gasteiger partial charge in [0.05, 0.1) is 0 Å². The normalized spacial score (nSPS) is 20.3. The monoisotopic (exact) mass is 278 g/mol. The van der Waals surface area contributed by atoms with E-state index in [-0.39, 0.29) is 22.3 Å². The fourth-order valence-corrected chi connectivity index (χ4v) is 2.52. The van der Waals surface area contributed by atoms with Crippen LogP contribution in [0.2, 0.25) is 0 Å². The van der Waals surface area contributed by atoms with Crippen LogP contribution in [0.5, 0.6) is 0 Å². The number of Topliss-reactive ketones (excluding diaryl/α,β-unsaturated/α-hetero) is 1. The first-order chi connectivity index (χ1) is 8.89. The maximum atomic E-state index is 11.9. The second-order valence-corrected chi connectivity index (χ2v) is 6.23. The minimum absolute atomic E-state index is 0.0202. The van der Waals surface area contributed by atoms with Crippen LogP contribution in [0.25, 0.3) is 0 Å². The number of ether oxygens (including phenoxy) is 1. The van der Waals surface area contributed by atoms with Crippen molar-refractivity contribution in [2.24, 2.45) is 5.41 Å². The molecule has 1 aliphatic carbocycles. The van der Waals surface area contributed by atoms with E-state index in [1.165, 1.54) is 0 Å². The summed E-state index contributed by atoms with van der Waals surface area (Å²) in [6.45, 7) is 6.09. The summed E-state index contributed by atoms with van der Waals surface area (Å²) < 4.78 is 5.92. The highest BCUT2D eigenvalue weighted by Gasteiger charge is 2.33. The van der Waals surface area contributed by atoms with E-state index in [2.05, 4.69) is 13.8 Å². The van der Waals surface area contributed by atoms with Crippen LogP contribution in [0, 0.1) is 5.41 Å². The Balaban J connectivity index is 2.18. The van der Waals surface area contributed by atoms with Gasteiger partial charge in [0.15, 0.2) is 5.78 Å². The molecule has 0 amide bonds. The predicted molar refractivity (Wildman–Crippen MR) is 76.8 cm³/mol. The molecule has 0 spiro atoms. The number of benzene rings is 1. The molecule has 0 unspecified atom stereocenters. The molecule has 1 aromatic carbocycles. The molecule has 0 aromatic heterocycles. The Hall–Kier alpha value is -1.28. The molecule has 2 nitrogen and oxygen atoms in total. The van der Waals surface area contributed by atoms with E-state index in [0.29, 0.717) is 18.6 Å². The molecule has 2 rings (SSSR count). The molecule has 0 radical (unpaired) electrons. The number of carbonyl (C=O) groups is 1. The van der Waals surface area contributed by atoms with Gasteiger partial charge < -0.3 is 4.74 Å². The Morgan fingerprint density at radius 1 is 1.21 bits per heavy atom. The van der Waals surface area contributed by atoms with Gasteiger partial charge in [-0.1, -0.05) is 55.8 Å². The largest absolute Gasteiger partial charge is 0.489 e. The summed E-state index contributed by atoms with van der Waals surface area (Å²) in [6.07, 6.45) is 1.08. The maximum Gasteiger partial charge on any atom is 0.178 e. The fraction of sp³-hybridized carbons (Fsp3) is 0.438. The van der Waals surface area contributed by atoms with Gasteiger partial charge in [-0.3, -0.25) is 4.79 Å². The van der Waals surface area contributed by atoms with Crippen LogP contribution in [0.4, 0.5) is 0 Å². The highest BCUT2D eigenvalue weighted by atomic mass is 35.5. The van der Waals surface area contributed by atoms with Crippen molar-refractivity contribution in [2.45, 2.75) is 39.7 Å². The quantitative estimate of drug-likeness (QED) is 0.807. The van der Waals surface area contributed by atoms with Crippen molar-refractivity contribution in [2.75, 3.05) is 0 Å². The minimum Gasteiger partial charge on any atom is -0.489 e. The molecule has 102 valence electrons. The highest BCUT2D eigenvalue weighted by molar-refractivity contribution is 6.43. The number of hydrogen-bond acceptors (Lipinski definition) is 2. The first kappa shape index (κ1) is 14.1. The van der Waals surface area contributed by atoms with Crippen molar-refractivity contribution >= 4 is 17.4 Å². The minimum atomic E-state index is -0.105. The van der Waals surface area contributed by atoms with E-state index in [1.54, 1.807) is 0 Å². The Bertz CT molecular complexity index is 503. The number of carbonyl (C=O) groups excluding carboxylic acids is 1. The zero-order valence-electron chi connectivity index (χ0n) is 11.6. The van der Waals surface area contributed by atoms with Crippen LogP contribution in [0.15, 0.2) is 41.1 Å². The highest BCUT2D eigenvalue weighted by Crippen LogP contribution is 2.40. The Labute approximate surface area is 119 Å². The molecule has 3 heteroatoms. The van der Waals surface area contributed by atoms with Gasteiger partial charge >= 0.3 is 0 Å². The van der Waals surface area contributed by atoms with E-state index in [0.717, 1.165) is 5.56 Å². The molecule has 0 saturated carbocycles. The molecule has 1 aromatic rings. The summed E-state index contributed by atoms with van der Waals surface area (Å²) >= 11 is 6.10. The summed E-state index contributed by atoms with van der Waals surface area (Å²) in [4.78, 5) is 11.9. The molecule has 0 bridgehead atoms. The van der Waals surface area contributed by atoms with E-state index < -0.39 is 0 Å². The molecule has 19 heavy (non-hydrogen) atoms. The number of hydrogen-bond donors (Lipinski definition) is 0. The first-order valence-corrected chi connectivity index (χ1v) is 6.90. The lowest BCUT2D eigenvalue weighted by molar-refractivity contribution is -0.118. The Morgan fingerprint density at radius 2 is 1.84 bits per heavy atom. The number of rotatable bonds is 3. The second-order valence-electron chi connectivity index (χ2n) is 5.85. The lowest BCUT2D eigenvalue weighted by atomic mass is 9.79. The lowest BCUT2D eigenvalue weighted by Gasteiger charge is -2.31. The van der Waals surface area contributed by atoms with Crippen LogP contribution in [-0.4, -0.2) is 5.78 Å². The summed E-state index contributed by atoms with van der Waals surface area (Å²) in [5.74, 6) is 0.604. The van der Waals surface area contributed by atoms with Gasteiger partial charge in [0, 0.05) is 12.8 Å². The summed E-state index contributed by atoms with van der Waals surface area (Å²) in [6, 6.07) is 9.93. The van der Waals surface area contributed by atoms with Gasteiger partial charge in [-0.2, -0.15) is 0 Å². The number of ketones is 1. The Kier molecular flexibility index (Phi) is 4.00. The standard InChI is InChI=1S/C16H19ClO2/c1-11(12-7-5-4-6-8-12)19-14-10-16(2,3)9-13(18)15(14)17/h4-8,11H,9-10H2,1-3H3/t11-/m0/s1. The van der Waals surface area contributed by atoms with Crippen molar-refractivity contribution in [1.82, 2.24) is 0 Å². The predicted octanol–water partition coefficient (Wildman–Crippen LogP) is 4.60. The molecule has 0 saturated heterocycles. The van der Waals surface area contributed by atoms with Gasteiger partial charge in [-0.05, 0) is 17.9 Å². The van der Waals surface area contributed by atoms with E-state index in [1.807, 2.05) is 37.3 Å². The molecule has 1 atom stereocenters. The van der Waals surface area contributed by atoms with Crippen LogP contribution < -0.4 is 0 Å². The van der Waals surface area contributed by atoms with Gasteiger partial charge in [-0.15, -0.1) is 0 Å². The number of allylic oxidation sites excluding steroid dienone is 2. The zero-order chi connectivity index (χ0) is 14.0. The van der Waals surface area contributed by atoms with E-state index in [4.69, 9.17) is 16.3 Å². The van der Waals surface area contributed by atoms with Crippen LogP contribution in [0.1, 0.15) is 45.3 Å². The molecule has 0 fully saturated rings. The zero-order valence-corrected chi connectivity index (χ0v) is 12.3. The topological polar surface area (TPSA) is 26.3 Å². The number of halogens is 1. The lowest BCUT2D eigenvalue weighted by Crippen LogP contribution is -2.25. The van der Waals surface area contributed by atoms with Crippen molar-refractivity contribution < 1.29 is 9.53 Å². The van der Waals surface area contributed by atoms with Crippen molar-refractivity contribution in [3.8, 4) is 0 Å². The van der Waals surface area contributed by atoms with Crippen molar-refractivity contribution in [3.63, 3.8) is 0 Å². The SMILES string of the molecule is C[C@H](OC1=C(Cl)C(=O)CC(C)(C)C1)c1ccccc1. The first-order valence-electron chi connectivity index (χ1n) is 6.52. The molecular formula is C16H19ClO2.